The fourth-order valence-electron chi connectivity index (χ4n) is 3.79. The van der Waals surface area contributed by atoms with Gasteiger partial charge in [0.15, 0.2) is 11.8 Å². The predicted octanol–water partition coefficient (Wildman–Crippen LogP) is 2.31. The Bertz CT molecular complexity index is 1050. The van der Waals surface area contributed by atoms with Gasteiger partial charge in [-0.05, 0) is 62.5 Å². The summed E-state index contributed by atoms with van der Waals surface area (Å²) in [7, 11) is 0. The molecular weight excluding hydrogens is 416 g/mol. The van der Waals surface area contributed by atoms with Crippen LogP contribution in [0.1, 0.15) is 31.1 Å². The number of benzene rings is 1. The van der Waals surface area contributed by atoms with Gasteiger partial charge in [0.1, 0.15) is 19.0 Å². The summed E-state index contributed by atoms with van der Waals surface area (Å²) < 4.78 is 6.84. The molecule has 2 N–H and O–H groups in total. The number of nitrogens with one attached hydrogen (secondary N) is 2. The average molecular weight is 438 g/mol. The molecule has 1 aliphatic heterocycles. The number of nitro groups is 1. The van der Waals surface area contributed by atoms with Gasteiger partial charge in [-0.15, -0.1) is 0 Å². The lowest BCUT2D eigenvalue weighted by Gasteiger charge is -2.25. The van der Waals surface area contributed by atoms with Crippen LogP contribution in [0.2, 0.25) is 0 Å². The third-order valence-electron chi connectivity index (χ3n) is 5.38. The fourth-order valence-corrected chi connectivity index (χ4v) is 3.79. The molecule has 1 unspecified atom stereocenters. The summed E-state index contributed by atoms with van der Waals surface area (Å²) in [6.45, 7) is 2.04. The van der Waals surface area contributed by atoms with Gasteiger partial charge < -0.3 is 15.4 Å². The molecule has 0 amide bonds. The predicted molar refractivity (Wildman–Crippen MR) is 113 cm³/mol. The first kappa shape index (κ1) is 21.3. The molecule has 1 saturated heterocycles. The average Bonchev–Trinajstić information content (AvgIpc) is 3.35. The number of hydrogen-bond acceptors (Lipinski definition) is 10. The molecule has 3 aromatic rings. The maximum Gasteiger partial charge on any atom is 0.336 e. The van der Waals surface area contributed by atoms with E-state index in [1.54, 1.807) is 35.3 Å². The van der Waals surface area contributed by atoms with Crippen molar-refractivity contribution in [3.8, 4) is 5.69 Å². The Hall–Kier alpha value is -3.93. The van der Waals surface area contributed by atoms with E-state index in [1.807, 2.05) is 0 Å². The molecule has 1 fully saturated rings. The Morgan fingerprint density at radius 1 is 1.25 bits per heavy atom. The number of piperidine rings is 1. The Labute approximate surface area is 183 Å². The monoisotopic (exact) mass is 438 g/mol. The third-order valence-corrected chi connectivity index (χ3v) is 5.38. The molecule has 4 rings (SSSR count). The zero-order valence-corrected chi connectivity index (χ0v) is 17.1. The Morgan fingerprint density at radius 3 is 2.69 bits per heavy atom. The zero-order valence-electron chi connectivity index (χ0n) is 17.1. The van der Waals surface area contributed by atoms with E-state index in [4.69, 9.17) is 4.74 Å². The van der Waals surface area contributed by atoms with Gasteiger partial charge in [0.25, 0.3) is 6.47 Å². The van der Waals surface area contributed by atoms with Crippen LogP contribution in [0.4, 0.5) is 17.2 Å². The summed E-state index contributed by atoms with van der Waals surface area (Å²) in [6.07, 6.45) is 5.68. The highest BCUT2D eigenvalue weighted by Crippen LogP contribution is 2.36. The van der Waals surface area contributed by atoms with E-state index in [1.165, 1.54) is 12.7 Å². The lowest BCUT2D eigenvalue weighted by molar-refractivity contribution is -0.385. The highest BCUT2D eigenvalue weighted by Gasteiger charge is 2.32. The van der Waals surface area contributed by atoms with Crippen molar-refractivity contribution in [2.45, 2.75) is 25.4 Å². The molecule has 1 aliphatic rings. The second-order valence-corrected chi connectivity index (χ2v) is 7.38. The number of hydrogen-bond donors (Lipinski definition) is 2. The standard InChI is InChI=1S/C20H22N8O4/c29-13-32-17(9-14-5-7-21-8-6-14)18-19(28(30)31)20(24-11-23-18)26-15-1-3-16(4-2-15)27-12-22-10-25-27/h1-4,10-14,17,21H,5-9H2,(H,23,24,26). The van der Waals surface area contributed by atoms with Gasteiger partial charge in [0.05, 0.1) is 10.6 Å². The normalized spacial score (nSPS) is 15.1. The van der Waals surface area contributed by atoms with Crippen molar-refractivity contribution in [3.63, 3.8) is 0 Å². The molecule has 1 aromatic carbocycles. The molecule has 0 aliphatic carbocycles. The van der Waals surface area contributed by atoms with Gasteiger partial charge in [-0.25, -0.2) is 19.6 Å². The zero-order chi connectivity index (χ0) is 22.3. The van der Waals surface area contributed by atoms with E-state index in [-0.39, 0.29) is 23.1 Å². The van der Waals surface area contributed by atoms with Crippen molar-refractivity contribution in [1.82, 2.24) is 30.0 Å². The summed E-state index contributed by atoms with van der Waals surface area (Å²) >= 11 is 0. The van der Waals surface area contributed by atoms with Crippen LogP contribution >= 0.6 is 0 Å². The summed E-state index contributed by atoms with van der Waals surface area (Å²) in [6, 6.07) is 7.08. The van der Waals surface area contributed by atoms with Gasteiger partial charge in [-0.3, -0.25) is 14.9 Å². The van der Waals surface area contributed by atoms with Gasteiger partial charge in [-0.2, -0.15) is 5.10 Å². The first-order valence-electron chi connectivity index (χ1n) is 10.2. The number of aromatic nitrogens is 5. The number of anilines is 2. The maximum absolute atomic E-state index is 12.0. The highest BCUT2D eigenvalue weighted by atomic mass is 16.6. The van der Waals surface area contributed by atoms with Crippen LogP contribution in [0.3, 0.4) is 0 Å². The molecular formula is C20H22N8O4. The first-order valence-corrected chi connectivity index (χ1v) is 10.2. The maximum atomic E-state index is 12.0. The molecule has 166 valence electrons. The van der Waals surface area contributed by atoms with Crippen LogP contribution < -0.4 is 10.6 Å². The largest absolute Gasteiger partial charge is 0.458 e. The quantitative estimate of drug-likeness (QED) is 0.289. The van der Waals surface area contributed by atoms with Gasteiger partial charge in [-0.1, -0.05) is 0 Å². The molecule has 3 heterocycles. The van der Waals surface area contributed by atoms with Gasteiger partial charge in [0.2, 0.25) is 5.82 Å². The summed E-state index contributed by atoms with van der Waals surface area (Å²) in [5.41, 5.74) is 1.14. The highest BCUT2D eigenvalue weighted by molar-refractivity contribution is 5.67. The van der Waals surface area contributed by atoms with Crippen molar-refractivity contribution in [1.29, 1.82) is 0 Å². The number of nitrogens with zero attached hydrogens (tertiary/aromatic N) is 6. The van der Waals surface area contributed by atoms with Crippen molar-refractivity contribution < 1.29 is 14.5 Å². The number of carbonyl (C=O) groups excluding carboxylic acids is 1. The minimum absolute atomic E-state index is 0.0262. The minimum atomic E-state index is -0.825. The van der Waals surface area contributed by atoms with Crippen molar-refractivity contribution >= 4 is 23.7 Å². The number of carbonyl (C=O) groups is 1. The Balaban J connectivity index is 1.60. The Morgan fingerprint density at radius 2 is 2.03 bits per heavy atom. The number of ether oxygens (including phenoxy) is 1. The van der Waals surface area contributed by atoms with Crippen LogP contribution in [0.25, 0.3) is 5.69 Å². The molecule has 0 saturated carbocycles. The summed E-state index contributed by atoms with van der Waals surface area (Å²) in [4.78, 5) is 34.7. The molecule has 0 bridgehead atoms. The van der Waals surface area contributed by atoms with E-state index in [2.05, 4.69) is 30.7 Å². The van der Waals surface area contributed by atoms with Crippen LogP contribution in [0.15, 0.2) is 43.2 Å². The molecule has 0 spiro atoms. The molecule has 32 heavy (non-hydrogen) atoms. The van der Waals surface area contributed by atoms with Crippen LogP contribution in [0.5, 0.6) is 0 Å². The molecule has 0 radical (unpaired) electrons. The molecule has 12 heteroatoms. The lowest BCUT2D eigenvalue weighted by Crippen LogP contribution is -2.29. The molecule has 1 atom stereocenters. The third kappa shape index (κ3) is 4.86. The van der Waals surface area contributed by atoms with Gasteiger partial charge in [0, 0.05) is 5.69 Å². The smallest absolute Gasteiger partial charge is 0.336 e. The van der Waals surface area contributed by atoms with E-state index < -0.39 is 11.0 Å². The first-order chi connectivity index (χ1) is 15.7. The van der Waals surface area contributed by atoms with Gasteiger partial charge >= 0.3 is 5.69 Å². The summed E-state index contributed by atoms with van der Waals surface area (Å²) in [5, 5.41) is 22.3. The second-order valence-electron chi connectivity index (χ2n) is 7.38. The van der Waals surface area contributed by atoms with E-state index in [0.717, 1.165) is 31.6 Å². The van der Waals surface area contributed by atoms with Crippen LogP contribution in [-0.4, -0.2) is 49.2 Å². The van der Waals surface area contributed by atoms with E-state index in [9.17, 15) is 14.9 Å². The topological polar surface area (TPSA) is 150 Å². The minimum Gasteiger partial charge on any atom is -0.458 e. The molecule has 12 nitrogen and oxygen atoms in total. The Kier molecular flexibility index (Phi) is 6.60. The SMILES string of the molecule is O=COC(CC1CCNCC1)c1ncnc(Nc2ccc(-n3cncn3)cc2)c1[N+](=O)[O-]. The van der Waals surface area contributed by atoms with E-state index in [0.29, 0.717) is 18.6 Å². The number of rotatable bonds is 9. The lowest BCUT2D eigenvalue weighted by atomic mass is 9.90. The van der Waals surface area contributed by atoms with Crippen LogP contribution in [0, 0.1) is 16.0 Å². The summed E-state index contributed by atoms with van der Waals surface area (Å²) in [5.74, 6) is 0.301. The van der Waals surface area contributed by atoms with Crippen molar-refractivity contribution in [3.05, 3.63) is 59.1 Å². The van der Waals surface area contributed by atoms with E-state index >= 15 is 0 Å². The van der Waals surface area contributed by atoms with Crippen molar-refractivity contribution in [2.24, 2.45) is 5.92 Å². The van der Waals surface area contributed by atoms with Crippen molar-refractivity contribution in [2.75, 3.05) is 18.4 Å². The second kappa shape index (κ2) is 9.92. The molecule has 2 aromatic heterocycles. The van der Waals surface area contributed by atoms with Crippen LogP contribution in [-0.2, 0) is 9.53 Å². The fraction of sp³-hybridized carbons (Fsp3) is 0.350.